The van der Waals surface area contributed by atoms with Crippen LogP contribution in [-0.4, -0.2) is 42.9 Å². The molecule has 7 heteroatoms. The zero-order valence-electron chi connectivity index (χ0n) is 15.7. The third-order valence-corrected chi connectivity index (χ3v) is 7.53. The Kier molecular flexibility index (Phi) is 5.46. The molecule has 1 aliphatic carbocycles. The molecule has 1 atom stereocenters. The van der Waals surface area contributed by atoms with E-state index in [2.05, 4.69) is 17.1 Å². The Hall–Kier alpha value is -2.25. The van der Waals surface area contributed by atoms with Crippen LogP contribution in [0.25, 0.3) is 0 Å². The highest BCUT2D eigenvalue weighted by atomic mass is 32.2. The number of hydrogen-bond donors (Lipinski definition) is 0. The van der Waals surface area contributed by atoms with Gasteiger partial charge < -0.3 is 4.74 Å². The highest BCUT2D eigenvalue weighted by molar-refractivity contribution is 7.89. The Morgan fingerprint density at radius 2 is 1.79 bits per heavy atom. The molecule has 6 nitrogen and oxygen atoms in total. The van der Waals surface area contributed by atoms with Crippen LogP contribution in [0.3, 0.4) is 0 Å². The topological polar surface area (TPSA) is 76.6 Å². The highest BCUT2D eigenvalue weighted by Gasteiger charge is 2.34. The lowest BCUT2D eigenvalue weighted by atomic mass is 9.89. The van der Waals surface area contributed by atoms with Crippen LogP contribution in [0.5, 0.6) is 0 Å². The van der Waals surface area contributed by atoms with Crippen LogP contribution in [0.15, 0.2) is 53.7 Å². The molecule has 1 fully saturated rings. The van der Waals surface area contributed by atoms with E-state index >= 15 is 0 Å². The molecular weight excluding hydrogens is 376 g/mol. The normalized spacial score (nSPS) is 21.1. The largest absolute Gasteiger partial charge is 0.462 e. The summed E-state index contributed by atoms with van der Waals surface area (Å²) >= 11 is 0. The Bertz CT molecular complexity index is 938. The van der Waals surface area contributed by atoms with Gasteiger partial charge in [0.25, 0.3) is 0 Å². The lowest BCUT2D eigenvalue weighted by Crippen LogP contribution is -2.41. The molecule has 148 valence electrons. The van der Waals surface area contributed by atoms with Crippen molar-refractivity contribution >= 4 is 16.0 Å². The molecule has 2 heterocycles. The van der Waals surface area contributed by atoms with Gasteiger partial charge in [-0.1, -0.05) is 24.3 Å². The number of aromatic nitrogens is 1. The van der Waals surface area contributed by atoms with Gasteiger partial charge in [0.15, 0.2) is 0 Å². The van der Waals surface area contributed by atoms with Gasteiger partial charge in [-0.05, 0) is 48.9 Å². The first-order valence-corrected chi connectivity index (χ1v) is 11.2. The van der Waals surface area contributed by atoms with Crippen molar-refractivity contribution in [1.29, 1.82) is 0 Å². The standard InChI is InChI=1S/C21H24N2O4S/c24-21(27-19-8-7-16-4-1-2-5-18(16)14-19)17-9-12-23(13-10-17)28(25,26)20-6-3-11-22-15-20/h1-6,11,15,17,19H,7-10,12-14H2. The van der Waals surface area contributed by atoms with Crippen LogP contribution in [0.1, 0.15) is 30.4 Å². The van der Waals surface area contributed by atoms with Crippen molar-refractivity contribution in [2.75, 3.05) is 13.1 Å². The number of sulfonamides is 1. The van der Waals surface area contributed by atoms with Crippen molar-refractivity contribution in [3.05, 3.63) is 59.9 Å². The summed E-state index contributed by atoms with van der Waals surface area (Å²) in [5, 5.41) is 0. The summed E-state index contributed by atoms with van der Waals surface area (Å²) in [6.07, 6.45) is 6.33. The molecule has 1 unspecified atom stereocenters. The molecule has 2 aromatic rings. The number of carbonyl (C=O) groups excluding carboxylic acids is 1. The van der Waals surface area contributed by atoms with Crippen molar-refractivity contribution < 1.29 is 17.9 Å². The summed E-state index contributed by atoms with van der Waals surface area (Å²) in [4.78, 5) is 16.7. The number of rotatable bonds is 4. The fraction of sp³-hybridized carbons (Fsp3) is 0.429. The van der Waals surface area contributed by atoms with Crippen LogP contribution in [0.2, 0.25) is 0 Å². The van der Waals surface area contributed by atoms with Gasteiger partial charge in [0.05, 0.1) is 5.92 Å². The maximum Gasteiger partial charge on any atom is 0.309 e. The Balaban J connectivity index is 1.32. The molecule has 0 radical (unpaired) electrons. The van der Waals surface area contributed by atoms with Gasteiger partial charge in [-0.2, -0.15) is 4.31 Å². The van der Waals surface area contributed by atoms with Crippen molar-refractivity contribution in [2.24, 2.45) is 5.92 Å². The number of piperidine rings is 1. The van der Waals surface area contributed by atoms with Crippen molar-refractivity contribution in [1.82, 2.24) is 9.29 Å². The highest BCUT2D eigenvalue weighted by Crippen LogP contribution is 2.27. The van der Waals surface area contributed by atoms with E-state index in [1.165, 1.54) is 21.6 Å². The van der Waals surface area contributed by atoms with Gasteiger partial charge in [-0.15, -0.1) is 0 Å². The Labute approximate surface area is 165 Å². The lowest BCUT2D eigenvalue weighted by Gasteiger charge is -2.31. The molecule has 1 aromatic carbocycles. The van der Waals surface area contributed by atoms with E-state index in [0.29, 0.717) is 25.9 Å². The Morgan fingerprint density at radius 3 is 2.50 bits per heavy atom. The fourth-order valence-electron chi connectivity index (χ4n) is 4.01. The van der Waals surface area contributed by atoms with Crippen LogP contribution in [0.4, 0.5) is 0 Å². The smallest absolute Gasteiger partial charge is 0.309 e. The number of fused-ring (bicyclic) bond motifs is 1. The van der Waals surface area contributed by atoms with E-state index in [4.69, 9.17) is 4.74 Å². The van der Waals surface area contributed by atoms with Crippen molar-refractivity contribution in [2.45, 2.75) is 43.1 Å². The number of esters is 1. The van der Waals surface area contributed by atoms with E-state index in [0.717, 1.165) is 19.3 Å². The molecule has 1 saturated heterocycles. The molecule has 1 aromatic heterocycles. The van der Waals surface area contributed by atoms with E-state index in [9.17, 15) is 13.2 Å². The average Bonchev–Trinajstić information content (AvgIpc) is 2.74. The quantitative estimate of drug-likeness (QED) is 0.738. The summed E-state index contributed by atoms with van der Waals surface area (Å²) in [7, 11) is -3.55. The molecule has 0 bridgehead atoms. The van der Waals surface area contributed by atoms with Gasteiger partial charge in [0.1, 0.15) is 11.0 Å². The second-order valence-corrected chi connectivity index (χ2v) is 9.38. The minimum atomic E-state index is -3.55. The van der Waals surface area contributed by atoms with Crippen LogP contribution >= 0.6 is 0 Å². The first kappa shape index (κ1) is 19.1. The fourth-order valence-corrected chi connectivity index (χ4v) is 5.44. The van der Waals surface area contributed by atoms with Crippen molar-refractivity contribution in [3.63, 3.8) is 0 Å². The van der Waals surface area contributed by atoms with E-state index in [1.54, 1.807) is 18.3 Å². The number of nitrogens with zero attached hydrogens (tertiary/aromatic N) is 2. The number of hydrogen-bond acceptors (Lipinski definition) is 5. The molecular formula is C21H24N2O4S. The number of benzene rings is 1. The third kappa shape index (κ3) is 3.95. The predicted molar refractivity (Wildman–Crippen MR) is 104 cm³/mol. The zero-order chi connectivity index (χ0) is 19.6. The maximum absolute atomic E-state index is 12.7. The third-order valence-electron chi connectivity index (χ3n) is 5.64. The van der Waals surface area contributed by atoms with E-state index < -0.39 is 10.0 Å². The number of pyridine rings is 1. The summed E-state index contributed by atoms with van der Waals surface area (Å²) in [5.41, 5.74) is 2.59. The molecule has 2 aliphatic rings. The first-order chi connectivity index (χ1) is 13.5. The first-order valence-electron chi connectivity index (χ1n) is 9.71. The molecule has 28 heavy (non-hydrogen) atoms. The molecule has 1 aliphatic heterocycles. The minimum Gasteiger partial charge on any atom is -0.462 e. The van der Waals surface area contributed by atoms with Gasteiger partial charge >= 0.3 is 5.97 Å². The predicted octanol–water partition coefficient (Wildman–Crippen LogP) is 2.58. The second-order valence-electron chi connectivity index (χ2n) is 7.44. The summed E-state index contributed by atoms with van der Waals surface area (Å²) in [5.74, 6) is -0.430. The van der Waals surface area contributed by atoms with Crippen LogP contribution in [-0.2, 0) is 32.4 Å². The molecule has 0 N–H and O–H groups in total. The second kappa shape index (κ2) is 8.01. The average molecular weight is 401 g/mol. The maximum atomic E-state index is 12.7. The van der Waals surface area contributed by atoms with Gasteiger partial charge in [0, 0.05) is 31.9 Å². The minimum absolute atomic E-state index is 0.0837. The van der Waals surface area contributed by atoms with Crippen LogP contribution in [0, 0.1) is 5.92 Å². The summed E-state index contributed by atoms with van der Waals surface area (Å²) in [6, 6.07) is 11.4. The molecule has 4 rings (SSSR count). The molecule has 0 amide bonds. The number of aryl methyl sites for hydroxylation is 1. The number of ether oxygens (including phenoxy) is 1. The lowest BCUT2D eigenvalue weighted by molar-refractivity contribution is -0.155. The zero-order valence-corrected chi connectivity index (χ0v) is 16.5. The van der Waals surface area contributed by atoms with Gasteiger partial charge in [-0.3, -0.25) is 9.78 Å². The van der Waals surface area contributed by atoms with E-state index in [-0.39, 0.29) is 22.9 Å². The molecule has 0 spiro atoms. The monoisotopic (exact) mass is 400 g/mol. The molecule has 0 saturated carbocycles. The van der Waals surface area contributed by atoms with E-state index in [1.807, 2.05) is 12.1 Å². The summed E-state index contributed by atoms with van der Waals surface area (Å²) < 4.78 is 32.5. The number of carbonyl (C=O) groups is 1. The van der Waals surface area contributed by atoms with Crippen LogP contribution < -0.4 is 0 Å². The van der Waals surface area contributed by atoms with Crippen molar-refractivity contribution in [3.8, 4) is 0 Å². The SMILES string of the molecule is O=C(OC1CCc2ccccc2C1)C1CCN(S(=O)(=O)c2cccnc2)CC1. The Morgan fingerprint density at radius 1 is 1.04 bits per heavy atom. The van der Waals surface area contributed by atoms with Gasteiger partial charge in [0.2, 0.25) is 10.0 Å². The summed E-state index contributed by atoms with van der Waals surface area (Å²) in [6.45, 7) is 0.648. The van der Waals surface area contributed by atoms with Gasteiger partial charge in [-0.25, -0.2) is 8.42 Å².